The van der Waals surface area contributed by atoms with Crippen LogP contribution in [0.5, 0.6) is 11.5 Å². The molecule has 1 amide bonds. The van der Waals surface area contributed by atoms with Crippen LogP contribution in [0, 0.1) is 16.7 Å². The van der Waals surface area contributed by atoms with Crippen molar-refractivity contribution in [2.45, 2.75) is 53.7 Å². The molecule has 0 heterocycles. The lowest BCUT2D eigenvalue weighted by atomic mass is 9.58. The van der Waals surface area contributed by atoms with E-state index in [9.17, 15) is 29.7 Å². The van der Waals surface area contributed by atoms with Gasteiger partial charge in [0.25, 0.3) is 0 Å². The van der Waals surface area contributed by atoms with Gasteiger partial charge in [-0.25, -0.2) is 4.79 Å². The van der Waals surface area contributed by atoms with Gasteiger partial charge in [-0.3, -0.25) is 9.59 Å². The Morgan fingerprint density at radius 2 is 1.58 bits per heavy atom. The summed E-state index contributed by atoms with van der Waals surface area (Å²) < 4.78 is 5.68. The lowest BCUT2D eigenvalue weighted by Gasteiger charge is -2.49. The summed E-state index contributed by atoms with van der Waals surface area (Å²) in [6.07, 6.45) is 2.40. The van der Waals surface area contributed by atoms with Crippen LogP contribution in [-0.2, 0) is 21.0 Å². The molecule has 2 rings (SSSR count). The molecule has 0 fully saturated rings. The number of rotatable bonds is 9. The first-order chi connectivity index (χ1) is 16.6. The molecule has 0 saturated carbocycles. The molecule has 8 heteroatoms. The van der Waals surface area contributed by atoms with Crippen LogP contribution in [0.15, 0.2) is 54.6 Å². The third-order valence-electron chi connectivity index (χ3n) is 6.05. The maximum Gasteiger partial charge on any atom is 0.330 e. The Morgan fingerprint density at radius 1 is 0.972 bits per heavy atom. The number of carboxylic acids is 2. The molecular weight excluding hydrogens is 462 g/mol. The van der Waals surface area contributed by atoms with Crippen molar-refractivity contribution in [2.24, 2.45) is 16.7 Å². The number of ether oxygens (including phenoxy) is 1. The van der Waals surface area contributed by atoms with Gasteiger partial charge in [0.05, 0.1) is 5.92 Å². The number of phenols is 1. The number of hydrogen-bond acceptors (Lipinski definition) is 5. The molecule has 0 aromatic heterocycles. The van der Waals surface area contributed by atoms with Gasteiger partial charge in [-0.1, -0.05) is 71.9 Å². The normalized spacial score (nSPS) is 14.6. The van der Waals surface area contributed by atoms with Gasteiger partial charge in [-0.15, -0.1) is 0 Å². The van der Waals surface area contributed by atoms with Gasteiger partial charge < -0.3 is 25.4 Å². The molecule has 0 bridgehead atoms. The summed E-state index contributed by atoms with van der Waals surface area (Å²) in [6.45, 7) is 9.91. The zero-order valence-electron chi connectivity index (χ0n) is 21.5. The maximum absolute atomic E-state index is 12.9. The molecule has 8 nitrogen and oxygen atoms in total. The van der Waals surface area contributed by atoms with Crippen molar-refractivity contribution in [3.63, 3.8) is 0 Å². The van der Waals surface area contributed by atoms with E-state index in [1.807, 2.05) is 30.3 Å². The van der Waals surface area contributed by atoms with Crippen molar-refractivity contribution in [2.75, 3.05) is 0 Å². The van der Waals surface area contributed by atoms with Gasteiger partial charge >= 0.3 is 11.9 Å². The molecule has 0 spiro atoms. The quantitative estimate of drug-likeness (QED) is 0.369. The molecule has 194 valence electrons. The van der Waals surface area contributed by atoms with Crippen molar-refractivity contribution in [1.29, 1.82) is 0 Å². The first-order valence-electron chi connectivity index (χ1n) is 11.6. The number of nitrogens with one attached hydrogen (secondary N) is 1. The van der Waals surface area contributed by atoms with E-state index in [-0.39, 0.29) is 5.75 Å². The zero-order valence-corrected chi connectivity index (χ0v) is 21.5. The van der Waals surface area contributed by atoms with Gasteiger partial charge in [0.2, 0.25) is 5.91 Å². The van der Waals surface area contributed by atoms with E-state index < -0.39 is 40.1 Å². The summed E-state index contributed by atoms with van der Waals surface area (Å²) >= 11 is 0. The molecule has 0 saturated heterocycles. The predicted molar refractivity (Wildman–Crippen MR) is 136 cm³/mol. The number of benzene rings is 2. The van der Waals surface area contributed by atoms with Gasteiger partial charge in [-0.2, -0.15) is 0 Å². The molecule has 2 aromatic rings. The summed E-state index contributed by atoms with van der Waals surface area (Å²) in [5.41, 5.74) is -2.98. The SMILES string of the molecule is CC(C)(C)C(C(=O)O)[C@@](NC(=O)/C=C/c1ccc(OCc2ccccc2)cc1O)(C(=O)O)C(C)(C)C. The molecule has 0 radical (unpaired) electrons. The molecule has 4 N–H and O–H groups in total. The van der Waals surface area contributed by atoms with Gasteiger partial charge in [0, 0.05) is 17.7 Å². The highest BCUT2D eigenvalue weighted by Crippen LogP contribution is 2.45. The number of carbonyl (C=O) groups is 3. The second kappa shape index (κ2) is 10.8. The minimum absolute atomic E-state index is 0.136. The summed E-state index contributed by atoms with van der Waals surface area (Å²) in [4.78, 5) is 37.7. The Morgan fingerprint density at radius 3 is 2.06 bits per heavy atom. The van der Waals surface area contributed by atoms with Crippen molar-refractivity contribution in [3.05, 3.63) is 65.7 Å². The van der Waals surface area contributed by atoms with E-state index in [0.29, 0.717) is 17.9 Å². The molecule has 0 aliphatic carbocycles. The summed E-state index contributed by atoms with van der Waals surface area (Å²) in [7, 11) is 0. The van der Waals surface area contributed by atoms with Gasteiger partial charge in [-0.05, 0) is 34.6 Å². The van der Waals surface area contributed by atoms with Crippen LogP contribution < -0.4 is 10.1 Å². The number of carbonyl (C=O) groups excluding carboxylic acids is 1. The Kier molecular flexibility index (Phi) is 8.57. The number of phenolic OH excluding ortho intramolecular Hbond substituents is 1. The monoisotopic (exact) mass is 497 g/mol. The van der Waals surface area contributed by atoms with Crippen molar-refractivity contribution in [3.8, 4) is 11.5 Å². The van der Waals surface area contributed by atoms with Crippen molar-refractivity contribution >= 4 is 23.9 Å². The molecule has 2 atom stereocenters. The Hall–Kier alpha value is -3.81. The van der Waals surface area contributed by atoms with E-state index in [4.69, 9.17) is 4.74 Å². The predicted octanol–water partition coefficient (Wildman–Crippen LogP) is 4.72. The standard InChI is InChI=1S/C28H35NO7/c1-26(2,3)23(24(32)33)28(25(34)35,27(4,5)6)29-22(31)15-13-19-12-14-20(16-21(19)30)36-17-18-10-8-7-9-11-18/h7-16,23,30H,17H2,1-6H3,(H,29,31)(H,32,33)(H,34,35)/b15-13+/t23?,28-/m1/s1. The smallest absolute Gasteiger partial charge is 0.330 e. The number of amides is 1. The van der Waals surface area contributed by atoms with E-state index in [0.717, 1.165) is 11.6 Å². The summed E-state index contributed by atoms with van der Waals surface area (Å²) in [6, 6.07) is 14.1. The van der Waals surface area contributed by atoms with E-state index in [2.05, 4.69) is 5.32 Å². The summed E-state index contributed by atoms with van der Waals surface area (Å²) in [5.74, 6) is -4.70. The van der Waals surface area contributed by atoms with E-state index >= 15 is 0 Å². The minimum Gasteiger partial charge on any atom is -0.507 e. The largest absolute Gasteiger partial charge is 0.507 e. The van der Waals surface area contributed by atoms with Crippen LogP contribution in [0.4, 0.5) is 0 Å². The van der Waals surface area contributed by atoms with E-state index in [1.165, 1.54) is 12.1 Å². The van der Waals surface area contributed by atoms with Crippen LogP contribution in [0.3, 0.4) is 0 Å². The van der Waals surface area contributed by atoms with Crippen LogP contribution in [-0.4, -0.2) is 38.7 Å². The van der Waals surface area contributed by atoms with E-state index in [1.54, 1.807) is 53.7 Å². The number of hydrogen-bond donors (Lipinski definition) is 4. The lowest BCUT2D eigenvalue weighted by molar-refractivity contribution is -0.171. The Bertz CT molecular complexity index is 1130. The Balaban J connectivity index is 2.29. The van der Waals surface area contributed by atoms with Crippen LogP contribution in [0.2, 0.25) is 0 Å². The summed E-state index contributed by atoms with van der Waals surface area (Å²) in [5, 5.41) is 33.1. The molecular formula is C28H35NO7. The fraction of sp³-hybridized carbons (Fsp3) is 0.393. The van der Waals surface area contributed by atoms with Crippen molar-refractivity contribution < 1.29 is 34.4 Å². The number of carboxylic acid groups (broad SMARTS) is 2. The average molecular weight is 498 g/mol. The molecule has 0 aliphatic heterocycles. The first-order valence-corrected chi connectivity index (χ1v) is 11.6. The highest BCUT2D eigenvalue weighted by molar-refractivity contribution is 5.98. The molecule has 0 aliphatic rings. The molecule has 2 aromatic carbocycles. The number of aromatic hydroxyl groups is 1. The van der Waals surface area contributed by atoms with Crippen LogP contribution in [0.1, 0.15) is 52.7 Å². The number of aliphatic carboxylic acids is 2. The topological polar surface area (TPSA) is 133 Å². The first kappa shape index (κ1) is 28.4. The Labute approximate surface area is 211 Å². The van der Waals surface area contributed by atoms with Gasteiger partial charge in [0.1, 0.15) is 18.1 Å². The third-order valence-corrected chi connectivity index (χ3v) is 6.05. The second-order valence-corrected chi connectivity index (χ2v) is 10.8. The minimum atomic E-state index is -2.12. The van der Waals surface area contributed by atoms with Crippen molar-refractivity contribution in [1.82, 2.24) is 5.32 Å². The third kappa shape index (κ3) is 6.44. The van der Waals surface area contributed by atoms with Gasteiger partial charge in [0.15, 0.2) is 5.54 Å². The average Bonchev–Trinajstić information content (AvgIpc) is 2.75. The lowest BCUT2D eigenvalue weighted by Crippen LogP contribution is -2.70. The fourth-order valence-corrected chi connectivity index (χ4v) is 4.29. The van der Waals surface area contributed by atoms with Crippen LogP contribution >= 0.6 is 0 Å². The fourth-order valence-electron chi connectivity index (χ4n) is 4.29. The molecule has 1 unspecified atom stereocenters. The van der Waals surface area contributed by atoms with Crippen LogP contribution in [0.25, 0.3) is 6.08 Å². The maximum atomic E-state index is 12.9. The highest BCUT2D eigenvalue weighted by Gasteiger charge is 2.61. The molecule has 36 heavy (non-hydrogen) atoms. The highest BCUT2D eigenvalue weighted by atomic mass is 16.5. The zero-order chi connectivity index (χ0) is 27.3. The second-order valence-electron chi connectivity index (χ2n) is 10.8.